The highest BCUT2D eigenvalue weighted by Gasteiger charge is 2.42. The van der Waals surface area contributed by atoms with E-state index in [0.717, 1.165) is 0 Å². The highest BCUT2D eigenvalue weighted by molar-refractivity contribution is 6.36. The molecule has 8 nitrogen and oxygen atoms in total. The highest BCUT2D eigenvalue weighted by Crippen LogP contribution is 2.31. The normalized spacial score (nSPS) is 13.5. The second kappa shape index (κ2) is 11.8. The van der Waals surface area contributed by atoms with Crippen molar-refractivity contribution in [2.75, 3.05) is 10.0 Å². The molecule has 2 amide bonds. The van der Waals surface area contributed by atoms with Gasteiger partial charge in [0, 0.05) is 0 Å². The number of aromatic nitrogens is 2. The lowest BCUT2D eigenvalue weighted by molar-refractivity contribution is -0.116. The summed E-state index contributed by atoms with van der Waals surface area (Å²) < 4.78 is 2.86. The molecular weight excluding hydrogens is 540 g/mol. The maximum atomic E-state index is 13.5. The first kappa shape index (κ1) is 27.0. The van der Waals surface area contributed by atoms with Crippen LogP contribution in [-0.4, -0.2) is 26.3 Å². The Morgan fingerprint density at radius 2 is 0.907 bits per heavy atom. The summed E-state index contributed by atoms with van der Waals surface area (Å²) in [6, 6.07) is 36.1. The van der Waals surface area contributed by atoms with Gasteiger partial charge in [-0.3, -0.25) is 14.4 Å². The molecule has 1 fully saturated rings. The monoisotopic (exact) mass is 566 g/mol. The Bertz CT molecular complexity index is 1860. The van der Waals surface area contributed by atoms with E-state index in [1.54, 1.807) is 91.0 Å². The Morgan fingerprint density at radius 3 is 1.37 bits per heavy atom. The molecule has 0 unspecified atom stereocenters. The number of aromatic hydroxyl groups is 1. The zero-order valence-corrected chi connectivity index (χ0v) is 22.9. The SMILES string of the molecule is O=C1C(=C/C=C/C=C/c2c(O)n(-c3ccccc3)n(-c3ccccc3)c2=O)C(=O)N(c2ccccc2)N1c1ccccc1. The predicted molar refractivity (Wildman–Crippen MR) is 167 cm³/mol. The average Bonchev–Trinajstić information content (AvgIpc) is 3.46. The number of allylic oxidation sites excluding steroid dienone is 4. The van der Waals surface area contributed by atoms with E-state index < -0.39 is 17.4 Å². The minimum atomic E-state index is -0.461. The summed E-state index contributed by atoms with van der Waals surface area (Å²) in [5.74, 6) is -1.14. The van der Waals surface area contributed by atoms with Gasteiger partial charge in [0.2, 0.25) is 5.88 Å². The molecule has 5 aromatic rings. The summed E-state index contributed by atoms with van der Waals surface area (Å²) in [5.41, 5.74) is 2.00. The number of carbonyl (C=O) groups excluding carboxylic acids is 2. The van der Waals surface area contributed by atoms with Gasteiger partial charge in [-0.1, -0.05) is 91.0 Å². The van der Waals surface area contributed by atoms with Crippen molar-refractivity contribution in [3.63, 3.8) is 0 Å². The van der Waals surface area contributed by atoms with Gasteiger partial charge >= 0.3 is 0 Å². The van der Waals surface area contributed by atoms with Crippen molar-refractivity contribution >= 4 is 29.3 Å². The van der Waals surface area contributed by atoms with Crippen LogP contribution in [0.1, 0.15) is 5.56 Å². The summed E-state index contributed by atoms with van der Waals surface area (Å²) in [6.07, 6.45) is 7.67. The molecule has 4 aromatic carbocycles. The minimum Gasteiger partial charge on any atom is -0.493 e. The Hall–Kier alpha value is -6.15. The van der Waals surface area contributed by atoms with Crippen LogP contribution in [0.4, 0.5) is 11.4 Å². The number of hydrogen-bond donors (Lipinski definition) is 1. The molecule has 2 heterocycles. The van der Waals surface area contributed by atoms with E-state index in [2.05, 4.69) is 0 Å². The molecule has 6 rings (SSSR count). The number of hydrogen-bond acceptors (Lipinski definition) is 4. The smallest absolute Gasteiger partial charge is 0.283 e. The van der Waals surface area contributed by atoms with Crippen LogP contribution in [0.15, 0.2) is 156 Å². The third kappa shape index (κ3) is 5.09. The maximum Gasteiger partial charge on any atom is 0.283 e. The van der Waals surface area contributed by atoms with Crippen molar-refractivity contribution in [3.05, 3.63) is 167 Å². The van der Waals surface area contributed by atoms with E-state index in [-0.39, 0.29) is 17.0 Å². The van der Waals surface area contributed by atoms with Crippen LogP contribution in [-0.2, 0) is 9.59 Å². The van der Waals surface area contributed by atoms with Crippen molar-refractivity contribution in [2.45, 2.75) is 0 Å². The minimum absolute atomic E-state index is 0.0122. The lowest BCUT2D eigenvalue weighted by Crippen LogP contribution is -2.41. The first-order valence-electron chi connectivity index (χ1n) is 13.6. The molecule has 210 valence electrons. The van der Waals surface area contributed by atoms with E-state index >= 15 is 0 Å². The summed E-state index contributed by atoms with van der Waals surface area (Å²) in [7, 11) is 0. The largest absolute Gasteiger partial charge is 0.493 e. The first-order valence-corrected chi connectivity index (χ1v) is 13.6. The number of nitrogens with zero attached hydrogens (tertiary/aromatic N) is 4. The molecule has 1 N–H and O–H groups in total. The standard InChI is InChI=1S/C35H26N4O4/c40-32-30(33(41)37(27-18-8-2-9-19-27)36(32)26-16-6-1-7-17-26)24-14-5-15-25-31-34(42)38(28-20-10-3-11-21-28)39(35(31)43)29-22-12-4-13-23-29/h1-25,40H/b15-5+,24-14+. The molecule has 43 heavy (non-hydrogen) atoms. The van der Waals surface area contributed by atoms with Crippen LogP contribution in [0.5, 0.6) is 5.88 Å². The van der Waals surface area contributed by atoms with E-state index in [0.29, 0.717) is 22.7 Å². The number of carbonyl (C=O) groups is 2. The lowest BCUT2D eigenvalue weighted by atomic mass is 10.2. The Kier molecular flexibility index (Phi) is 7.39. The molecule has 1 aliphatic heterocycles. The highest BCUT2D eigenvalue weighted by atomic mass is 16.3. The van der Waals surface area contributed by atoms with E-state index in [4.69, 9.17) is 0 Å². The number of benzene rings is 4. The first-order chi connectivity index (χ1) is 21.1. The molecule has 1 saturated heterocycles. The number of amides is 2. The zero-order chi connectivity index (χ0) is 29.8. The van der Waals surface area contributed by atoms with Crippen molar-refractivity contribution in [2.24, 2.45) is 0 Å². The van der Waals surface area contributed by atoms with Crippen LogP contribution in [0.25, 0.3) is 17.5 Å². The Morgan fingerprint density at radius 1 is 0.488 bits per heavy atom. The Labute approximate surface area is 247 Å². The third-order valence-corrected chi connectivity index (χ3v) is 6.86. The Balaban J connectivity index is 1.32. The number of hydrazine groups is 1. The summed E-state index contributed by atoms with van der Waals surface area (Å²) >= 11 is 0. The van der Waals surface area contributed by atoms with Crippen LogP contribution in [0.3, 0.4) is 0 Å². The van der Waals surface area contributed by atoms with E-state index in [1.165, 1.54) is 31.5 Å². The average molecular weight is 567 g/mol. The van der Waals surface area contributed by atoms with Crippen molar-refractivity contribution in [1.82, 2.24) is 9.36 Å². The maximum absolute atomic E-state index is 13.5. The van der Waals surface area contributed by atoms with Gasteiger partial charge in [0.05, 0.1) is 22.7 Å². The van der Waals surface area contributed by atoms with Crippen LogP contribution >= 0.6 is 0 Å². The summed E-state index contributed by atoms with van der Waals surface area (Å²) in [4.78, 5) is 40.4. The molecule has 0 aliphatic carbocycles. The van der Waals surface area contributed by atoms with E-state index in [1.807, 2.05) is 48.5 Å². The molecule has 0 spiro atoms. The van der Waals surface area contributed by atoms with Gasteiger partial charge in [0.25, 0.3) is 17.4 Å². The summed E-state index contributed by atoms with van der Waals surface area (Å²) in [6.45, 7) is 0. The molecule has 0 radical (unpaired) electrons. The van der Waals surface area contributed by atoms with Crippen LogP contribution in [0, 0.1) is 0 Å². The van der Waals surface area contributed by atoms with Crippen LogP contribution < -0.4 is 15.6 Å². The van der Waals surface area contributed by atoms with Gasteiger partial charge in [-0.15, -0.1) is 0 Å². The molecule has 0 bridgehead atoms. The van der Waals surface area contributed by atoms with Crippen molar-refractivity contribution < 1.29 is 14.7 Å². The van der Waals surface area contributed by atoms with Gasteiger partial charge in [-0.25, -0.2) is 19.4 Å². The van der Waals surface area contributed by atoms with E-state index in [9.17, 15) is 19.5 Å². The lowest BCUT2D eigenvalue weighted by Gasteiger charge is -2.27. The molecule has 1 aliphatic rings. The zero-order valence-electron chi connectivity index (χ0n) is 22.9. The predicted octanol–water partition coefficient (Wildman–Crippen LogP) is 5.82. The van der Waals surface area contributed by atoms with Gasteiger partial charge in [-0.2, -0.15) is 0 Å². The topological polar surface area (TPSA) is 87.8 Å². The second-order valence-electron chi connectivity index (χ2n) is 9.57. The fourth-order valence-electron chi connectivity index (χ4n) is 4.88. The summed E-state index contributed by atoms with van der Waals surface area (Å²) in [5, 5.41) is 13.8. The molecule has 8 heteroatoms. The molecule has 0 saturated carbocycles. The number of rotatable bonds is 7. The molecule has 1 aromatic heterocycles. The van der Waals surface area contributed by atoms with Gasteiger partial charge in [0.15, 0.2) is 0 Å². The molecular formula is C35H26N4O4. The van der Waals surface area contributed by atoms with Crippen molar-refractivity contribution in [3.8, 4) is 17.3 Å². The number of para-hydroxylation sites is 4. The fourth-order valence-corrected chi connectivity index (χ4v) is 4.88. The number of anilines is 2. The van der Waals surface area contributed by atoms with Crippen molar-refractivity contribution in [1.29, 1.82) is 0 Å². The fraction of sp³-hybridized carbons (Fsp3) is 0. The second-order valence-corrected chi connectivity index (χ2v) is 9.57. The van der Waals surface area contributed by atoms with Crippen LogP contribution in [0.2, 0.25) is 0 Å². The molecule has 0 atom stereocenters. The van der Waals surface area contributed by atoms with Gasteiger partial charge in [0.1, 0.15) is 11.1 Å². The van der Waals surface area contributed by atoms with Gasteiger partial charge < -0.3 is 5.11 Å². The third-order valence-electron chi connectivity index (χ3n) is 6.86. The quantitative estimate of drug-likeness (QED) is 0.153. The van der Waals surface area contributed by atoms with Gasteiger partial charge in [-0.05, 0) is 60.7 Å².